The van der Waals surface area contributed by atoms with Gasteiger partial charge in [0.05, 0.1) is 0 Å². The summed E-state index contributed by atoms with van der Waals surface area (Å²) in [5.74, 6) is 0.455. The average molecular weight is 339 g/mol. The Hall–Kier alpha value is -1.76. The smallest absolute Gasteiger partial charge is 0.122 e. The summed E-state index contributed by atoms with van der Waals surface area (Å²) in [7, 11) is 0. The van der Waals surface area contributed by atoms with Gasteiger partial charge in [0.25, 0.3) is 0 Å². The fourth-order valence-electron chi connectivity index (χ4n) is 3.66. The maximum absolute atomic E-state index is 10.9. The van der Waals surface area contributed by atoms with Gasteiger partial charge in [0.2, 0.25) is 0 Å². The molecule has 0 bridgehead atoms. The molecular formula is C24H34O. The van der Waals surface area contributed by atoms with Crippen LogP contribution in [-0.2, 0) is 17.3 Å². The Kier molecular flexibility index (Phi) is 5.10. The molecule has 2 rings (SSSR count). The standard InChI is InChI=1S/C24H34O/c1-15-10-18(17(3)20(12-15)23(4,5)6)14-19-11-16(2)13-21(22(19)25)24(7,8)9/h10-13,25H,14H2,1-9H3. The number of aryl methyl sites for hydroxylation is 2. The van der Waals surface area contributed by atoms with E-state index in [0.29, 0.717) is 5.75 Å². The lowest BCUT2D eigenvalue weighted by molar-refractivity contribution is 0.441. The fraction of sp³-hybridized carbons (Fsp3) is 0.500. The molecule has 0 fully saturated rings. The minimum absolute atomic E-state index is 0.0664. The highest BCUT2D eigenvalue weighted by atomic mass is 16.3. The number of hydrogen-bond acceptors (Lipinski definition) is 1. The molecular weight excluding hydrogens is 304 g/mol. The first-order valence-electron chi connectivity index (χ1n) is 9.24. The third-order valence-electron chi connectivity index (χ3n) is 4.99. The van der Waals surface area contributed by atoms with E-state index in [-0.39, 0.29) is 10.8 Å². The van der Waals surface area contributed by atoms with Gasteiger partial charge in [-0.3, -0.25) is 0 Å². The van der Waals surface area contributed by atoms with Gasteiger partial charge in [-0.25, -0.2) is 0 Å². The summed E-state index contributed by atoms with van der Waals surface area (Å²) in [6.07, 6.45) is 0.771. The fourth-order valence-corrected chi connectivity index (χ4v) is 3.66. The summed E-state index contributed by atoms with van der Waals surface area (Å²) in [5.41, 5.74) is 8.65. The van der Waals surface area contributed by atoms with Crippen LogP contribution in [0.2, 0.25) is 0 Å². The molecule has 0 spiro atoms. The molecule has 1 nitrogen and oxygen atoms in total. The molecule has 0 unspecified atom stereocenters. The van der Waals surface area contributed by atoms with E-state index in [0.717, 1.165) is 17.5 Å². The lowest BCUT2D eigenvalue weighted by atomic mass is 9.80. The van der Waals surface area contributed by atoms with Gasteiger partial charge in [-0.15, -0.1) is 0 Å². The number of rotatable bonds is 2. The second-order valence-electron chi connectivity index (χ2n) is 9.59. The molecule has 0 heterocycles. The highest BCUT2D eigenvalue weighted by Gasteiger charge is 2.22. The van der Waals surface area contributed by atoms with Crippen molar-refractivity contribution in [1.82, 2.24) is 0 Å². The predicted octanol–water partition coefficient (Wildman–Crippen LogP) is 6.50. The molecule has 0 aliphatic heterocycles. The highest BCUT2D eigenvalue weighted by molar-refractivity contribution is 5.51. The summed E-state index contributed by atoms with van der Waals surface area (Å²) >= 11 is 0. The monoisotopic (exact) mass is 338 g/mol. The van der Waals surface area contributed by atoms with Crippen molar-refractivity contribution in [3.63, 3.8) is 0 Å². The maximum Gasteiger partial charge on any atom is 0.122 e. The van der Waals surface area contributed by atoms with Crippen molar-refractivity contribution in [3.8, 4) is 5.75 Å². The van der Waals surface area contributed by atoms with Crippen LogP contribution in [-0.4, -0.2) is 5.11 Å². The van der Waals surface area contributed by atoms with E-state index >= 15 is 0 Å². The van der Waals surface area contributed by atoms with E-state index in [1.807, 2.05) is 0 Å². The summed E-state index contributed by atoms with van der Waals surface area (Å²) < 4.78 is 0. The summed E-state index contributed by atoms with van der Waals surface area (Å²) in [5, 5.41) is 10.9. The molecule has 1 N–H and O–H groups in total. The third-order valence-corrected chi connectivity index (χ3v) is 4.99. The molecule has 0 atom stereocenters. The largest absolute Gasteiger partial charge is 0.507 e. The van der Waals surface area contributed by atoms with E-state index in [1.165, 1.54) is 27.8 Å². The molecule has 0 aliphatic carbocycles. The van der Waals surface area contributed by atoms with Crippen LogP contribution in [0.15, 0.2) is 24.3 Å². The maximum atomic E-state index is 10.9. The molecule has 0 saturated heterocycles. The molecule has 0 aromatic heterocycles. The topological polar surface area (TPSA) is 20.2 Å². The van der Waals surface area contributed by atoms with Crippen molar-refractivity contribution < 1.29 is 5.11 Å². The van der Waals surface area contributed by atoms with Crippen LogP contribution in [0.4, 0.5) is 0 Å². The van der Waals surface area contributed by atoms with Crippen LogP contribution < -0.4 is 0 Å². The van der Waals surface area contributed by atoms with Gasteiger partial charge >= 0.3 is 0 Å². The van der Waals surface area contributed by atoms with E-state index in [9.17, 15) is 5.11 Å². The zero-order valence-electron chi connectivity index (χ0n) is 17.5. The summed E-state index contributed by atoms with van der Waals surface area (Å²) in [6.45, 7) is 19.7. The average Bonchev–Trinajstić information content (AvgIpc) is 2.43. The van der Waals surface area contributed by atoms with Crippen molar-refractivity contribution in [3.05, 3.63) is 63.2 Å². The van der Waals surface area contributed by atoms with Gasteiger partial charge in [0.15, 0.2) is 0 Å². The van der Waals surface area contributed by atoms with Gasteiger partial charge in [0, 0.05) is 6.42 Å². The third kappa shape index (κ3) is 4.26. The van der Waals surface area contributed by atoms with Crippen molar-refractivity contribution in [1.29, 1.82) is 0 Å². The molecule has 2 aromatic rings. The van der Waals surface area contributed by atoms with Crippen LogP contribution >= 0.6 is 0 Å². The number of aromatic hydroxyl groups is 1. The first-order valence-corrected chi connectivity index (χ1v) is 9.24. The Labute approximate surface area is 154 Å². The quantitative estimate of drug-likeness (QED) is 0.662. The molecule has 25 heavy (non-hydrogen) atoms. The molecule has 1 heteroatoms. The van der Waals surface area contributed by atoms with Gasteiger partial charge in [-0.2, -0.15) is 0 Å². The van der Waals surface area contributed by atoms with E-state index in [1.54, 1.807) is 0 Å². The molecule has 0 aliphatic rings. The SMILES string of the molecule is Cc1cc(Cc2cc(C)cc(C(C)(C)C)c2O)c(C)c(C(C)(C)C)c1. The van der Waals surface area contributed by atoms with Crippen molar-refractivity contribution in [2.45, 2.75) is 79.6 Å². The van der Waals surface area contributed by atoms with Gasteiger partial charge in [-0.1, -0.05) is 76.9 Å². The summed E-state index contributed by atoms with van der Waals surface area (Å²) in [4.78, 5) is 0. The van der Waals surface area contributed by atoms with Crippen LogP contribution in [0.3, 0.4) is 0 Å². The first kappa shape index (κ1) is 19.6. The lowest BCUT2D eigenvalue weighted by Crippen LogP contribution is -2.15. The second-order valence-corrected chi connectivity index (χ2v) is 9.59. The van der Waals surface area contributed by atoms with Crippen molar-refractivity contribution in [2.75, 3.05) is 0 Å². The highest BCUT2D eigenvalue weighted by Crippen LogP contribution is 2.37. The van der Waals surface area contributed by atoms with E-state index in [2.05, 4.69) is 86.6 Å². The van der Waals surface area contributed by atoms with Gasteiger partial charge < -0.3 is 5.11 Å². The number of hydrogen-bond donors (Lipinski definition) is 1. The Morgan fingerprint density at radius 3 is 1.60 bits per heavy atom. The Balaban J connectivity index is 2.58. The van der Waals surface area contributed by atoms with Crippen LogP contribution in [0.5, 0.6) is 5.75 Å². The van der Waals surface area contributed by atoms with Crippen molar-refractivity contribution >= 4 is 0 Å². The van der Waals surface area contributed by atoms with Crippen LogP contribution in [0.1, 0.15) is 80.5 Å². The molecule has 0 radical (unpaired) electrons. The molecule has 2 aromatic carbocycles. The second kappa shape index (κ2) is 6.52. The van der Waals surface area contributed by atoms with Gasteiger partial charge in [-0.05, 0) is 59.4 Å². The van der Waals surface area contributed by atoms with Crippen LogP contribution in [0, 0.1) is 20.8 Å². The predicted molar refractivity (Wildman–Crippen MR) is 109 cm³/mol. The van der Waals surface area contributed by atoms with E-state index in [4.69, 9.17) is 0 Å². The zero-order chi connectivity index (χ0) is 19.2. The molecule has 0 saturated carbocycles. The molecule has 136 valence electrons. The summed E-state index contributed by atoms with van der Waals surface area (Å²) in [6, 6.07) is 8.81. The lowest BCUT2D eigenvalue weighted by Gasteiger charge is -2.26. The number of phenolic OH excluding ortho intramolecular Hbond substituents is 1. The van der Waals surface area contributed by atoms with Crippen LogP contribution in [0.25, 0.3) is 0 Å². The minimum atomic E-state index is -0.0664. The Morgan fingerprint density at radius 1 is 0.680 bits per heavy atom. The van der Waals surface area contributed by atoms with Gasteiger partial charge in [0.1, 0.15) is 5.75 Å². The first-order chi connectivity index (χ1) is 11.3. The molecule has 0 amide bonds. The minimum Gasteiger partial charge on any atom is -0.507 e. The van der Waals surface area contributed by atoms with E-state index < -0.39 is 0 Å². The zero-order valence-corrected chi connectivity index (χ0v) is 17.5. The normalized spacial score (nSPS) is 12.5. The number of phenols is 1. The number of benzene rings is 2. The Bertz CT molecular complexity index is 716. The van der Waals surface area contributed by atoms with Crippen molar-refractivity contribution in [2.24, 2.45) is 0 Å². The Morgan fingerprint density at radius 2 is 1.12 bits per heavy atom.